The predicted octanol–water partition coefficient (Wildman–Crippen LogP) is 14.2. The van der Waals surface area contributed by atoms with Crippen molar-refractivity contribution in [2.75, 3.05) is 0 Å². The van der Waals surface area contributed by atoms with E-state index in [0.717, 1.165) is 88.3 Å². The maximum atomic E-state index is 5.39. The summed E-state index contributed by atoms with van der Waals surface area (Å²) in [5.74, 6) is 1.77. The van der Waals surface area contributed by atoms with E-state index >= 15 is 0 Å². The van der Waals surface area contributed by atoms with Crippen LogP contribution in [0.2, 0.25) is 0 Å². The van der Waals surface area contributed by atoms with Gasteiger partial charge in [0.25, 0.3) is 0 Å². The van der Waals surface area contributed by atoms with Gasteiger partial charge in [0.2, 0.25) is 5.95 Å². The molecule has 0 spiro atoms. The van der Waals surface area contributed by atoms with Crippen LogP contribution in [0.1, 0.15) is 0 Å². The second-order valence-electron chi connectivity index (χ2n) is 16.0. The lowest BCUT2D eigenvalue weighted by atomic mass is 10.0. The van der Waals surface area contributed by atoms with Crippen LogP contribution >= 0.6 is 0 Å². The monoisotopic (exact) mass is 804 g/mol. The molecule has 9 aromatic carbocycles. The van der Waals surface area contributed by atoms with Crippen LogP contribution in [-0.4, -0.2) is 28.7 Å². The average molecular weight is 805 g/mol. The molecule has 0 bridgehead atoms. The molecule has 0 saturated heterocycles. The Morgan fingerprint density at radius 2 is 0.698 bits per heavy atom. The number of para-hydroxylation sites is 5. The van der Waals surface area contributed by atoms with E-state index in [1.807, 2.05) is 24.3 Å². The second kappa shape index (κ2) is 14.0. The number of hydrogen-bond acceptors (Lipinski definition) is 3. The molecule has 6 nitrogen and oxygen atoms in total. The van der Waals surface area contributed by atoms with E-state index in [1.54, 1.807) is 0 Å². The zero-order valence-corrected chi connectivity index (χ0v) is 34.0. The van der Waals surface area contributed by atoms with Crippen LogP contribution < -0.4 is 0 Å². The van der Waals surface area contributed by atoms with Gasteiger partial charge in [-0.25, -0.2) is 4.98 Å². The lowest BCUT2D eigenvalue weighted by Gasteiger charge is -2.17. The quantitative estimate of drug-likeness (QED) is 0.168. The van der Waals surface area contributed by atoms with E-state index in [1.165, 1.54) is 10.8 Å². The summed E-state index contributed by atoms with van der Waals surface area (Å²) in [6.07, 6.45) is 0. The topological polar surface area (TPSA) is 53.5 Å². The van der Waals surface area contributed by atoms with Gasteiger partial charge < -0.3 is 9.13 Å². The fourth-order valence-electron chi connectivity index (χ4n) is 9.74. The summed E-state index contributed by atoms with van der Waals surface area (Å²) >= 11 is 0. The highest BCUT2D eigenvalue weighted by Crippen LogP contribution is 2.46. The Bertz CT molecular complexity index is 3830. The number of hydrogen-bond donors (Lipinski definition) is 0. The Kier molecular flexibility index (Phi) is 7.80. The third-order valence-electron chi connectivity index (χ3n) is 12.5. The Morgan fingerprint density at radius 1 is 0.286 bits per heavy atom. The summed E-state index contributed by atoms with van der Waals surface area (Å²) in [7, 11) is 0. The standard InChI is InChI=1S/C57H36N6/c1-4-18-37(19-5-1)38-32-34-40(35-33-38)56-58-55(39-20-6-2-7-21-39)59-57(60-56)63-50-31-17-13-27-45(50)52-51(63)36-46-44-26-12-14-28-47(44)61(41-22-8-3-9-23-41)53(46)54(52)62-48-29-15-10-24-42(48)43-25-11-16-30-49(43)62/h1-36H. The van der Waals surface area contributed by atoms with Crippen LogP contribution in [-0.2, 0) is 0 Å². The van der Waals surface area contributed by atoms with Crippen molar-refractivity contribution in [3.63, 3.8) is 0 Å². The molecule has 0 atom stereocenters. The zero-order chi connectivity index (χ0) is 41.4. The maximum absolute atomic E-state index is 5.39. The Balaban J connectivity index is 1.19. The molecule has 13 aromatic rings. The minimum atomic E-state index is 0.552. The molecule has 4 heterocycles. The van der Waals surface area contributed by atoms with E-state index in [-0.39, 0.29) is 0 Å². The fourth-order valence-corrected chi connectivity index (χ4v) is 9.74. The van der Waals surface area contributed by atoms with Crippen molar-refractivity contribution in [2.24, 2.45) is 0 Å². The summed E-state index contributed by atoms with van der Waals surface area (Å²) in [4.78, 5) is 15.9. The fraction of sp³-hybridized carbons (Fsp3) is 0. The SMILES string of the molecule is c1ccc(-c2ccc(-c3nc(-c4ccccc4)nc(-n4c5ccccc5c5c(-n6c7ccccc7c7ccccc76)c6c(cc54)c4ccccc4n6-c4ccccc4)n3)cc2)cc1. The molecule has 0 aliphatic heterocycles. The van der Waals surface area contributed by atoms with Crippen molar-refractivity contribution in [3.8, 4) is 51.2 Å². The number of rotatable bonds is 6. The molecule has 6 heteroatoms. The second-order valence-corrected chi connectivity index (χ2v) is 16.0. The van der Waals surface area contributed by atoms with Gasteiger partial charge in [0, 0.05) is 49.1 Å². The summed E-state index contributed by atoms with van der Waals surface area (Å²) in [6, 6.07) is 77.3. The average Bonchev–Trinajstić information content (AvgIpc) is 4.00. The predicted molar refractivity (Wildman–Crippen MR) is 259 cm³/mol. The summed E-state index contributed by atoms with van der Waals surface area (Å²) in [5, 5.41) is 6.93. The molecular weight excluding hydrogens is 769 g/mol. The zero-order valence-electron chi connectivity index (χ0n) is 34.0. The third kappa shape index (κ3) is 5.41. The highest BCUT2D eigenvalue weighted by Gasteiger charge is 2.27. The van der Waals surface area contributed by atoms with Gasteiger partial charge in [-0.3, -0.25) is 4.57 Å². The molecule has 0 unspecified atom stereocenters. The van der Waals surface area contributed by atoms with Crippen molar-refractivity contribution in [3.05, 3.63) is 218 Å². The molecule has 0 aliphatic carbocycles. The van der Waals surface area contributed by atoms with Crippen LogP contribution in [0, 0.1) is 0 Å². The highest BCUT2D eigenvalue weighted by atomic mass is 15.2. The minimum absolute atomic E-state index is 0.552. The van der Waals surface area contributed by atoms with E-state index < -0.39 is 0 Å². The van der Waals surface area contributed by atoms with Gasteiger partial charge in [0.1, 0.15) is 0 Å². The third-order valence-corrected chi connectivity index (χ3v) is 12.5. The number of nitrogens with zero attached hydrogens (tertiary/aromatic N) is 6. The van der Waals surface area contributed by atoms with Gasteiger partial charge >= 0.3 is 0 Å². The van der Waals surface area contributed by atoms with Crippen LogP contribution in [0.4, 0.5) is 0 Å². The van der Waals surface area contributed by atoms with E-state index in [0.29, 0.717) is 17.6 Å². The smallest absolute Gasteiger partial charge is 0.238 e. The molecule has 13 rings (SSSR count). The first-order chi connectivity index (χ1) is 31.3. The largest absolute Gasteiger partial charge is 0.307 e. The molecule has 0 saturated carbocycles. The van der Waals surface area contributed by atoms with E-state index in [9.17, 15) is 0 Å². The summed E-state index contributed by atoms with van der Waals surface area (Å²) in [5.41, 5.74) is 12.9. The van der Waals surface area contributed by atoms with Gasteiger partial charge in [-0.15, -0.1) is 0 Å². The Labute approximate surface area is 362 Å². The van der Waals surface area contributed by atoms with Crippen LogP contribution in [0.3, 0.4) is 0 Å². The number of benzene rings is 9. The molecule has 0 radical (unpaired) electrons. The van der Waals surface area contributed by atoms with Crippen molar-refractivity contribution in [1.29, 1.82) is 0 Å². The minimum Gasteiger partial charge on any atom is -0.307 e. The lowest BCUT2D eigenvalue weighted by Crippen LogP contribution is -2.07. The molecule has 0 N–H and O–H groups in total. The van der Waals surface area contributed by atoms with Gasteiger partial charge in [0.05, 0.1) is 38.8 Å². The molecular formula is C57H36N6. The lowest BCUT2D eigenvalue weighted by molar-refractivity contribution is 0.953. The first kappa shape index (κ1) is 35.2. The molecule has 63 heavy (non-hydrogen) atoms. The van der Waals surface area contributed by atoms with Gasteiger partial charge in [0.15, 0.2) is 11.6 Å². The van der Waals surface area contributed by atoms with E-state index in [4.69, 9.17) is 15.0 Å². The van der Waals surface area contributed by atoms with Gasteiger partial charge in [-0.05, 0) is 53.6 Å². The molecule has 0 fully saturated rings. The summed E-state index contributed by atoms with van der Waals surface area (Å²) in [6.45, 7) is 0. The van der Waals surface area contributed by atoms with Crippen LogP contribution in [0.25, 0.3) is 117 Å². The van der Waals surface area contributed by atoms with Crippen molar-refractivity contribution in [1.82, 2.24) is 28.7 Å². The molecule has 0 amide bonds. The normalized spacial score (nSPS) is 11.8. The maximum Gasteiger partial charge on any atom is 0.238 e. The molecule has 294 valence electrons. The van der Waals surface area contributed by atoms with Crippen molar-refractivity contribution in [2.45, 2.75) is 0 Å². The van der Waals surface area contributed by atoms with Crippen molar-refractivity contribution < 1.29 is 0 Å². The number of aromatic nitrogens is 6. The van der Waals surface area contributed by atoms with Crippen LogP contribution in [0.15, 0.2) is 218 Å². The Morgan fingerprint density at radius 3 is 1.29 bits per heavy atom. The first-order valence-electron chi connectivity index (χ1n) is 21.3. The van der Waals surface area contributed by atoms with Gasteiger partial charge in [-0.2, -0.15) is 9.97 Å². The number of fused-ring (bicyclic) bond motifs is 9. The summed E-state index contributed by atoms with van der Waals surface area (Å²) < 4.78 is 7.20. The molecule has 4 aromatic heterocycles. The molecule has 0 aliphatic rings. The van der Waals surface area contributed by atoms with Crippen LogP contribution in [0.5, 0.6) is 0 Å². The van der Waals surface area contributed by atoms with Gasteiger partial charge in [-0.1, -0.05) is 176 Å². The van der Waals surface area contributed by atoms with Crippen molar-refractivity contribution >= 4 is 65.4 Å². The van der Waals surface area contributed by atoms with E-state index in [2.05, 4.69) is 208 Å². The highest BCUT2D eigenvalue weighted by molar-refractivity contribution is 6.26. The first-order valence-corrected chi connectivity index (χ1v) is 21.3. The Hall–Kier alpha value is -8.61.